The van der Waals surface area contributed by atoms with Crippen molar-refractivity contribution in [1.82, 2.24) is 0 Å². The second kappa shape index (κ2) is 7.32. The van der Waals surface area contributed by atoms with Crippen LogP contribution in [0.25, 0.3) is 0 Å². The number of benzene rings is 1. The number of ether oxygens (including phenoxy) is 1. The van der Waals surface area contributed by atoms with Crippen LogP contribution in [0.4, 0.5) is 0 Å². The quantitative estimate of drug-likeness (QED) is 0.617. The zero-order valence-electron chi connectivity index (χ0n) is 10.8. The highest BCUT2D eigenvalue weighted by molar-refractivity contribution is 5.27. The normalized spacial score (nSPS) is 10.8. The molecule has 1 aromatic rings. The van der Waals surface area contributed by atoms with Gasteiger partial charge in [0.1, 0.15) is 5.75 Å². The Morgan fingerprint density at radius 2 is 1.69 bits per heavy atom. The lowest BCUT2D eigenvalue weighted by atomic mass is 10.0. The molecule has 0 unspecified atom stereocenters. The number of rotatable bonds is 7. The van der Waals surface area contributed by atoms with Crippen LogP contribution in [0.15, 0.2) is 24.3 Å². The van der Waals surface area contributed by atoms with Gasteiger partial charge in [-0.25, -0.2) is 0 Å². The molecule has 0 saturated carbocycles. The van der Waals surface area contributed by atoms with Gasteiger partial charge >= 0.3 is 0 Å². The highest BCUT2D eigenvalue weighted by Gasteiger charge is 1.97. The minimum atomic E-state index is 0.848. The third-order valence-corrected chi connectivity index (χ3v) is 2.91. The fourth-order valence-electron chi connectivity index (χ4n) is 1.85. The summed E-state index contributed by atoms with van der Waals surface area (Å²) in [5, 5.41) is 0. The maximum atomic E-state index is 5.14. The van der Waals surface area contributed by atoms with E-state index in [-0.39, 0.29) is 0 Å². The van der Waals surface area contributed by atoms with Crippen LogP contribution in [0.2, 0.25) is 0 Å². The molecule has 0 saturated heterocycles. The third kappa shape index (κ3) is 5.20. The third-order valence-electron chi connectivity index (χ3n) is 2.91. The molecule has 0 spiro atoms. The highest BCUT2D eigenvalue weighted by atomic mass is 16.5. The Balaban J connectivity index is 2.16. The molecule has 0 amide bonds. The number of hydrogen-bond donors (Lipinski definition) is 0. The van der Waals surface area contributed by atoms with E-state index in [2.05, 4.69) is 26.0 Å². The molecule has 0 bridgehead atoms. The lowest BCUT2D eigenvalue weighted by Crippen LogP contribution is -1.90. The van der Waals surface area contributed by atoms with Gasteiger partial charge in [0, 0.05) is 0 Å². The molecule has 0 atom stereocenters. The van der Waals surface area contributed by atoms with E-state index in [1.165, 1.54) is 37.7 Å². The van der Waals surface area contributed by atoms with Gasteiger partial charge in [-0.15, -0.1) is 0 Å². The van der Waals surface area contributed by atoms with Crippen molar-refractivity contribution in [3.05, 3.63) is 29.8 Å². The van der Waals surface area contributed by atoms with E-state index in [9.17, 15) is 0 Å². The number of methoxy groups -OCH3 is 1. The molecular formula is C15H24O. The first-order valence-electron chi connectivity index (χ1n) is 6.35. The lowest BCUT2D eigenvalue weighted by molar-refractivity contribution is 0.414. The first-order chi connectivity index (χ1) is 7.72. The van der Waals surface area contributed by atoms with E-state index in [1.54, 1.807) is 7.11 Å². The summed E-state index contributed by atoms with van der Waals surface area (Å²) >= 11 is 0. The molecule has 0 fully saturated rings. The van der Waals surface area contributed by atoms with Gasteiger partial charge in [-0.3, -0.25) is 0 Å². The van der Waals surface area contributed by atoms with Crippen molar-refractivity contribution in [1.29, 1.82) is 0 Å². The predicted octanol–water partition coefficient (Wildman–Crippen LogP) is 4.45. The molecule has 0 aliphatic heterocycles. The summed E-state index contributed by atoms with van der Waals surface area (Å²) in [4.78, 5) is 0. The first-order valence-corrected chi connectivity index (χ1v) is 6.35. The van der Waals surface area contributed by atoms with Gasteiger partial charge in [0.15, 0.2) is 0 Å². The lowest BCUT2D eigenvalue weighted by Gasteiger charge is -2.05. The summed E-state index contributed by atoms with van der Waals surface area (Å²) < 4.78 is 5.14. The number of unbranched alkanes of at least 4 members (excludes halogenated alkanes) is 2. The van der Waals surface area contributed by atoms with Crippen LogP contribution >= 0.6 is 0 Å². The molecule has 0 radical (unpaired) electrons. The Morgan fingerprint density at radius 1 is 1.00 bits per heavy atom. The molecule has 0 aliphatic rings. The standard InChI is InChI=1S/C15H24O/c1-13(2)7-5-4-6-8-14-9-11-15(16-3)12-10-14/h9-13H,4-8H2,1-3H3. The number of hydrogen-bond acceptors (Lipinski definition) is 1. The molecule has 1 rings (SSSR count). The largest absolute Gasteiger partial charge is 0.497 e. The van der Waals surface area contributed by atoms with E-state index in [0.717, 1.165) is 11.7 Å². The van der Waals surface area contributed by atoms with E-state index in [4.69, 9.17) is 4.74 Å². The van der Waals surface area contributed by atoms with E-state index >= 15 is 0 Å². The molecule has 0 N–H and O–H groups in total. The van der Waals surface area contributed by atoms with Gasteiger partial charge in [0.25, 0.3) is 0 Å². The summed E-state index contributed by atoms with van der Waals surface area (Å²) in [5.74, 6) is 1.80. The molecule has 0 aliphatic carbocycles. The van der Waals surface area contributed by atoms with Crippen molar-refractivity contribution < 1.29 is 4.74 Å². The SMILES string of the molecule is COc1ccc(CCCCCC(C)C)cc1. The smallest absolute Gasteiger partial charge is 0.118 e. The van der Waals surface area contributed by atoms with E-state index in [0.29, 0.717) is 0 Å². The fourth-order valence-corrected chi connectivity index (χ4v) is 1.85. The summed E-state index contributed by atoms with van der Waals surface area (Å²) in [7, 11) is 1.71. The van der Waals surface area contributed by atoms with Crippen LogP contribution in [0.1, 0.15) is 45.1 Å². The van der Waals surface area contributed by atoms with Crippen LogP contribution in [-0.2, 0) is 6.42 Å². The average Bonchev–Trinajstić information content (AvgIpc) is 2.29. The van der Waals surface area contributed by atoms with E-state index < -0.39 is 0 Å². The Bertz CT molecular complexity index is 274. The van der Waals surface area contributed by atoms with Crippen LogP contribution in [0.5, 0.6) is 5.75 Å². The molecule has 1 aromatic carbocycles. The monoisotopic (exact) mass is 220 g/mol. The first kappa shape index (κ1) is 13.1. The second-order valence-electron chi connectivity index (χ2n) is 4.84. The van der Waals surface area contributed by atoms with Crippen molar-refractivity contribution >= 4 is 0 Å². The minimum Gasteiger partial charge on any atom is -0.497 e. The van der Waals surface area contributed by atoms with Gasteiger partial charge < -0.3 is 4.74 Å². The molecular weight excluding hydrogens is 196 g/mol. The van der Waals surface area contributed by atoms with Crippen molar-refractivity contribution in [2.24, 2.45) is 5.92 Å². The van der Waals surface area contributed by atoms with Gasteiger partial charge in [0.05, 0.1) is 7.11 Å². The Hall–Kier alpha value is -0.980. The summed E-state index contributed by atoms with van der Waals surface area (Å²) in [6, 6.07) is 8.43. The second-order valence-corrected chi connectivity index (χ2v) is 4.84. The van der Waals surface area contributed by atoms with Gasteiger partial charge in [-0.1, -0.05) is 45.2 Å². The van der Waals surface area contributed by atoms with Gasteiger partial charge in [0.2, 0.25) is 0 Å². The Kier molecular flexibility index (Phi) is 5.99. The zero-order valence-corrected chi connectivity index (χ0v) is 10.8. The Morgan fingerprint density at radius 3 is 2.25 bits per heavy atom. The molecule has 90 valence electrons. The summed E-state index contributed by atoms with van der Waals surface area (Å²) in [6.07, 6.45) is 6.59. The van der Waals surface area contributed by atoms with Crippen LogP contribution < -0.4 is 4.74 Å². The Labute approximate surface area is 99.8 Å². The fraction of sp³-hybridized carbons (Fsp3) is 0.600. The summed E-state index contributed by atoms with van der Waals surface area (Å²) in [5.41, 5.74) is 1.42. The molecule has 1 heteroatoms. The van der Waals surface area contributed by atoms with Crippen molar-refractivity contribution in [2.75, 3.05) is 7.11 Å². The highest BCUT2D eigenvalue weighted by Crippen LogP contribution is 2.14. The summed E-state index contributed by atoms with van der Waals surface area (Å²) in [6.45, 7) is 4.59. The van der Waals surface area contributed by atoms with E-state index in [1.807, 2.05) is 12.1 Å². The van der Waals surface area contributed by atoms with Crippen LogP contribution in [-0.4, -0.2) is 7.11 Å². The van der Waals surface area contributed by atoms with Gasteiger partial charge in [-0.05, 0) is 36.5 Å². The molecule has 16 heavy (non-hydrogen) atoms. The number of aryl methyl sites for hydroxylation is 1. The zero-order chi connectivity index (χ0) is 11.8. The van der Waals surface area contributed by atoms with Crippen molar-refractivity contribution in [3.8, 4) is 5.75 Å². The molecule has 0 aromatic heterocycles. The van der Waals surface area contributed by atoms with Crippen LogP contribution in [0.3, 0.4) is 0 Å². The van der Waals surface area contributed by atoms with Crippen LogP contribution in [0, 0.1) is 5.92 Å². The molecule has 1 nitrogen and oxygen atoms in total. The predicted molar refractivity (Wildman–Crippen MR) is 70.0 cm³/mol. The molecule has 0 heterocycles. The topological polar surface area (TPSA) is 9.23 Å². The minimum absolute atomic E-state index is 0.848. The average molecular weight is 220 g/mol. The van der Waals surface area contributed by atoms with Gasteiger partial charge in [-0.2, -0.15) is 0 Å². The maximum Gasteiger partial charge on any atom is 0.118 e. The van der Waals surface area contributed by atoms with Crippen molar-refractivity contribution in [2.45, 2.75) is 46.0 Å². The maximum absolute atomic E-state index is 5.14. The van der Waals surface area contributed by atoms with Crippen molar-refractivity contribution in [3.63, 3.8) is 0 Å².